The van der Waals surface area contributed by atoms with Crippen LogP contribution in [0.2, 0.25) is 0 Å². The van der Waals surface area contributed by atoms with Crippen LogP contribution in [0.5, 0.6) is 0 Å². The molecule has 4 heterocycles. The Kier molecular flexibility index (Phi) is 4.45. The first-order valence-corrected chi connectivity index (χ1v) is 12.2. The Balaban J connectivity index is 1.41. The molecule has 190 valence electrons. The van der Waals surface area contributed by atoms with E-state index in [1.807, 2.05) is 16.4 Å². The van der Waals surface area contributed by atoms with Crippen LogP contribution in [-0.4, -0.2) is 46.2 Å². The molecule has 0 N–H and O–H groups in total. The Bertz CT molecular complexity index is 1560. The Morgan fingerprint density at radius 1 is 1.05 bits per heavy atom. The summed E-state index contributed by atoms with van der Waals surface area (Å²) in [5.74, 6) is -2.06. The van der Waals surface area contributed by atoms with Gasteiger partial charge in [0.25, 0.3) is 0 Å². The van der Waals surface area contributed by atoms with Crippen LogP contribution in [0.4, 0.5) is 23.4 Å². The maximum Gasteiger partial charge on any atom is 0.250 e. The maximum atomic E-state index is 14.4. The smallest absolute Gasteiger partial charge is 0.250 e. The lowest BCUT2D eigenvalue weighted by Crippen LogP contribution is -2.49. The van der Waals surface area contributed by atoms with E-state index >= 15 is 0 Å². The third kappa shape index (κ3) is 3.10. The Hall–Kier alpha value is -3.83. The first kappa shape index (κ1) is 22.4. The van der Waals surface area contributed by atoms with Gasteiger partial charge in [0.05, 0.1) is 6.20 Å². The standard InChI is InChI=1S/C25H22F4N8/c1-13-10-25(13)22-34-33-14(2)36(22)19-12-31-23(32-21(19)37(25)16-5-6-24(28,29)11-16)35-8-7-30-20(35)15-3-4-17(26)18(27)9-15/h3-4,7-9,12-13,16H,5-6,10-11H2,1-2H3/t13-,16?,25-/m0/s1. The second-order valence-electron chi connectivity index (χ2n) is 10.2. The van der Waals surface area contributed by atoms with Crippen LogP contribution in [0, 0.1) is 24.5 Å². The molecule has 0 bridgehead atoms. The first-order valence-electron chi connectivity index (χ1n) is 12.2. The fraction of sp³-hybridized carbons (Fsp3) is 0.400. The van der Waals surface area contributed by atoms with Crippen molar-refractivity contribution in [2.45, 2.75) is 57.0 Å². The highest BCUT2D eigenvalue weighted by Crippen LogP contribution is 2.62. The van der Waals surface area contributed by atoms with Crippen molar-refractivity contribution in [3.8, 4) is 23.0 Å². The minimum Gasteiger partial charge on any atom is -0.338 e. The van der Waals surface area contributed by atoms with Crippen molar-refractivity contribution < 1.29 is 17.6 Å². The molecule has 2 fully saturated rings. The van der Waals surface area contributed by atoms with E-state index in [4.69, 9.17) is 4.98 Å². The molecule has 3 aliphatic rings. The Labute approximate surface area is 209 Å². The van der Waals surface area contributed by atoms with E-state index in [1.54, 1.807) is 17.0 Å². The predicted octanol–water partition coefficient (Wildman–Crippen LogP) is 4.74. The summed E-state index contributed by atoms with van der Waals surface area (Å²) in [6.45, 7) is 3.92. The number of aryl methyl sites for hydroxylation is 1. The van der Waals surface area contributed by atoms with Crippen LogP contribution in [-0.2, 0) is 5.54 Å². The van der Waals surface area contributed by atoms with Crippen LogP contribution < -0.4 is 4.90 Å². The molecule has 1 aromatic carbocycles. The summed E-state index contributed by atoms with van der Waals surface area (Å²) in [7, 11) is 0. The van der Waals surface area contributed by atoms with Gasteiger partial charge in [0.15, 0.2) is 23.3 Å². The molecule has 1 unspecified atom stereocenters. The van der Waals surface area contributed by atoms with Gasteiger partial charge in [-0.1, -0.05) is 6.92 Å². The number of fused-ring (bicyclic) bond motifs is 4. The number of imidazole rings is 1. The second kappa shape index (κ2) is 7.36. The molecule has 1 aliphatic heterocycles. The zero-order valence-corrected chi connectivity index (χ0v) is 20.0. The highest BCUT2D eigenvalue weighted by Gasteiger charge is 2.65. The highest BCUT2D eigenvalue weighted by molar-refractivity contribution is 5.67. The van der Waals surface area contributed by atoms with Crippen molar-refractivity contribution >= 4 is 5.82 Å². The molecular formula is C25H22F4N8. The SMILES string of the molecule is Cc1nnc2n1-c1cnc(-n3ccnc3-c3ccc(F)c(F)c3)nc1N(C1CCC(F)(F)C1)[C@]21C[C@@H]1C. The minimum atomic E-state index is -2.74. The maximum absolute atomic E-state index is 14.4. The topological polar surface area (TPSA) is 77.5 Å². The monoisotopic (exact) mass is 510 g/mol. The van der Waals surface area contributed by atoms with Crippen molar-refractivity contribution in [1.82, 2.24) is 34.3 Å². The van der Waals surface area contributed by atoms with Crippen molar-refractivity contribution in [3.63, 3.8) is 0 Å². The van der Waals surface area contributed by atoms with Crippen LogP contribution in [0.3, 0.4) is 0 Å². The highest BCUT2D eigenvalue weighted by atomic mass is 19.3. The lowest BCUT2D eigenvalue weighted by Gasteiger charge is -2.42. The van der Waals surface area contributed by atoms with Crippen LogP contribution in [0.25, 0.3) is 23.0 Å². The molecule has 12 heteroatoms. The van der Waals surface area contributed by atoms with E-state index in [1.165, 1.54) is 12.3 Å². The first-order chi connectivity index (χ1) is 17.7. The summed E-state index contributed by atoms with van der Waals surface area (Å²) in [5, 5.41) is 8.77. The van der Waals surface area contributed by atoms with Gasteiger partial charge in [0.1, 0.15) is 22.9 Å². The van der Waals surface area contributed by atoms with Gasteiger partial charge in [0.2, 0.25) is 11.9 Å². The summed E-state index contributed by atoms with van der Waals surface area (Å²) in [5.41, 5.74) is 0.389. The predicted molar refractivity (Wildman–Crippen MR) is 125 cm³/mol. The van der Waals surface area contributed by atoms with E-state index in [2.05, 4.69) is 27.1 Å². The summed E-state index contributed by atoms with van der Waals surface area (Å²) in [6.07, 6.45) is 5.40. The number of hydrogen-bond donors (Lipinski definition) is 0. The number of alkyl halides is 2. The van der Waals surface area contributed by atoms with E-state index < -0.39 is 29.1 Å². The molecular weight excluding hydrogens is 488 g/mol. The van der Waals surface area contributed by atoms with Crippen molar-refractivity contribution in [2.24, 2.45) is 5.92 Å². The summed E-state index contributed by atoms with van der Waals surface area (Å²) < 4.78 is 59.9. The van der Waals surface area contributed by atoms with Gasteiger partial charge in [0, 0.05) is 36.8 Å². The summed E-state index contributed by atoms with van der Waals surface area (Å²) in [6, 6.07) is 3.10. The number of rotatable bonds is 3. The van der Waals surface area contributed by atoms with Gasteiger partial charge >= 0.3 is 0 Å². The molecule has 3 aromatic heterocycles. The van der Waals surface area contributed by atoms with Crippen LogP contribution in [0.15, 0.2) is 36.8 Å². The second-order valence-corrected chi connectivity index (χ2v) is 10.2. The van der Waals surface area contributed by atoms with Crippen molar-refractivity contribution in [3.05, 3.63) is 60.1 Å². The largest absolute Gasteiger partial charge is 0.338 e. The quantitative estimate of drug-likeness (QED) is 0.371. The van der Waals surface area contributed by atoms with Crippen LogP contribution >= 0.6 is 0 Å². The van der Waals surface area contributed by atoms with E-state index in [-0.39, 0.29) is 24.7 Å². The molecule has 0 saturated heterocycles. The average molecular weight is 510 g/mol. The molecule has 0 radical (unpaired) electrons. The van der Waals surface area contributed by atoms with Gasteiger partial charge < -0.3 is 4.90 Å². The molecule has 3 atom stereocenters. The number of anilines is 1. The molecule has 8 nitrogen and oxygen atoms in total. The third-order valence-electron chi connectivity index (χ3n) is 7.90. The number of aromatic nitrogens is 7. The molecule has 2 saturated carbocycles. The number of hydrogen-bond acceptors (Lipinski definition) is 6. The number of nitrogens with zero attached hydrogens (tertiary/aromatic N) is 8. The van der Waals surface area contributed by atoms with Crippen molar-refractivity contribution in [2.75, 3.05) is 4.90 Å². The Morgan fingerprint density at radius 3 is 2.57 bits per heavy atom. The normalized spacial score (nSPS) is 25.4. The lowest BCUT2D eigenvalue weighted by atomic mass is 10.0. The third-order valence-corrected chi connectivity index (χ3v) is 7.90. The van der Waals surface area contributed by atoms with Gasteiger partial charge in [-0.15, -0.1) is 10.2 Å². The van der Waals surface area contributed by atoms with E-state index in [0.29, 0.717) is 35.1 Å². The zero-order valence-electron chi connectivity index (χ0n) is 20.0. The van der Waals surface area contributed by atoms with Gasteiger partial charge in [-0.2, -0.15) is 4.98 Å². The Morgan fingerprint density at radius 2 is 1.86 bits per heavy atom. The molecule has 4 aromatic rings. The molecule has 1 spiro atoms. The fourth-order valence-electron chi connectivity index (χ4n) is 6.05. The van der Waals surface area contributed by atoms with E-state index in [0.717, 1.165) is 24.4 Å². The van der Waals surface area contributed by atoms with E-state index in [9.17, 15) is 17.6 Å². The number of halogens is 4. The average Bonchev–Trinajstić information content (AvgIpc) is 3.27. The number of benzene rings is 1. The fourth-order valence-corrected chi connectivity index (χ4v) is 6.05. The van der Waals surface area contributed by atoms with Gasteiger partial charge in [-0.05, 0) is 43.9 Å². The van der Waals surface area contributed by atoms with Crippen LogP contribution in [0.1, 0.15) is 44.3 Å². The summed E-state index contributed by atoms with van der Waals surface area (Å²) in [4.78, 5) is 15.8. The minimum absolute atomic E-state index is 0.168. The van der Waals surface area contributed by atoms with Gasteiger partial charge in [-0.3, -0.25) is 9.13 Å². The van der Waals surface area contributed by atoms with Gasteiger partial charge in [-0.25, -0.2) is 27.5 Å². The molecule has 2 aliphatic carbocycles. The summed E-state index contributed by atoms with van der Waals surface area (Å²) >= 11 is 0. The zero-order chi connectivity index (χ0) is 25.7. The molecule has 7 rings (SSSR count). The lowest BCUT2D eigenvalue weighted by molar-refractivity contribution is 0.00734. The molecule has 37 heavy (non-hydrogen) atoms. The molecule has 0 amide bonds. The van der Waals surface area contributed by atoms with Crippen molar-refractivity contribution in [1.29, 1.82) is 0 Å².